The van der Waals surface area contributed by atoms with Crippen molar-refractivity contribution in [1.29, 1.82) is 0 Å². The van der Waals surface area contributed by atoms with Crippen LogP contribution in [0.4, 0.5) is 4.79 Å². The van der Waals surface area contributed by atoms with Crippen molar-refractivity contribution in [2.24, 2.45) is 5.92 Å². The van der Waals surface area contributed by atoms with Crippen LogP contribution in [0, 0.1) is 5.92 Å². The van der Waals surface area contributed by atoms with E-state index in [1.54, 1.807) is 0 Å². The first-order chi connectivity index (χ1) is 10.0. The number of hydrogen-bond acceptors (Lipinski definition) is 4. The number of hydrogen-bond donors (Lipinski definition) is 2. The van der Waals surface area contributed by atoms with Crippen LogP contribution in [0.15, 0.2) is 30.3 Å². The maximum atomic E-state index is 11.4. The molecule has 0 bridgehead atoms. The van der Waals surface area contributed by atoms with Gasteiger partial charge in [0.05, 0.1) is 0 Å². The molecule has 1 aromatic rings. The van der Waals surface area contributed by atoms with Gasteiger partial charge in [0.25, 0.3) is 0 Å². The van der Waals surface area contributed by atoms with Crippen molar-refractivity contribution in [2.75, 3.05) is 0 Å². The molecular weight excluding hydrogens is 274 g/mol. The molecule has 0 saturated heterocycles. The van der Waals surface area contributed by atoms with Crippen molar-refractivity contribution in [3.8, 4) is 0 Å². The van der Waals surface area contributed by atoms with E-state index in [0.29, 0.717) is 6.42 Å². The van der Waals surface area contributed by atoms with E-state index in [1.165, 1.54) is 0 Å². The lowest BCUT2D eigenvalue weighted by Gasteiger charge is -2.16. The lowest BCUT2D eigenvalue weighted by molar-refractivity contribution is -0.156. The first kappa shape index (κ1) is 17.0. The lowest BCUT2D eigenvalue weighted by atomic mass is 10.0. The minimum absolute atomic E-state index is 0.0964. The molecule has 0 aliphatic carbocycles. The predicted molar refractivity (Wildman–Crippen MR) is 76.3 cm³/mol. The highest BCUT2D eigenvalue weighted by Crippen LogP contribution is 2.12. The SMILES string of the molecule is CC[C@@H](C)C[C@H](ONC(=O)OCc1ccccc1)C(=O)O. The van der Waals surface area contributed by atoms with Gasteiger partial charge in [-0.3, -0.25) is 4.84 Å². The van der Waals surface area contributed by atoms with E-state index in [9.17, 15) is 9.59 Å². The Balaban J connectivity index is 2.34. The highest BCUT2D eigenvalue weighted by Gasteiger charge is 2.22. The van der Waals surface area contributed by atoms with Crippen LogP contribution in [0.2, 0.25) is 0 Å². The number of amides is 1. The molecule has 0 heterocycles. The summed E-state index contributed by atoms with van der Waals surface area (Å²) in [5.41, 5.74) is 2.86. The number of benzene rings is 1. The molecule has 0 spiro atoms. The average Bonchev–Trinajstić information content (AvgIpc) is 2.49. The summed E-state index contributed by atoms with van der Waals surface area (Å²) in [5, 5.41) is 9.02. The summed E-state index contributed by atoms with van der Waals surface area (Å²) in [4.78, 5) is 27.4. The standard InChI is InChI=1S/C15H21NO5/c1-3-11(2)9-13(14(17)18)21-16-15(19)20-10-12-7-5-4-6-8-12/h4-8,11,13H,3,9-10H2,1-2H3,(H,16,19)(H,17,18)/t11-,13+/m1/s1. The fourth-order valence-corrected chi connectivity index (χ4v) is 1.60. The normalized spacial score (nSPS) is 13.2. The zero-order valence-corrected chi connectivity index (χ0v) is 12.2. The third-order valence-electron chi connectivity index (χ3n) is 3.09. The Morgan fingerprint density at radius 2 is 1.95 bits per heavy atom. The molecule has 0 aliphatic rings. The predicted octanol–water partition coefficient (Wildman–Crippen LogP) is 2.73. The Morgan fingerprint density at radius 1 is 1.29 bits per heavy atom. The Hall–Kier alpha value is -2.08. The van der Waals surface area contributed by atoms with Crippen molar-refractivity contribution in [2.45, 2.75) is 39.4 Å². The van der Waals surface area contributed by atoms with Crippen molar-refractivity contribution in [3.05, 3.63) is 35.9 Å². The van der Waals surface area contributed by atoms with Gasteiger partial charge in [0.2, 0.25) is 0 Å². The maximum Gasteiger partial charge on any atom is 0.431 e. The molecule has 1 amide bonds. The zero-order valence-electron chi connectivity index (χ0n) is 12.2. The number of carbonyl (C=O) groups excluding carboxylic acids is 1. The molecule has 1 aromatic carbocycles. The monoisotopic (exact) mass is 295 g/mol. The number of carboxylic acid groups (broad SMARTS) is 1. The van der Waals surface area contributed by atoms with Crippen molar-refractivity contribution >= 4 is 12.1 Å². The maximum absolute atomic E-state index is 11.4. The molecule has 0 aromatic heterocycles. The number of carbonyl (C=O) groups is 2. The Morgan fingerprint density at radius 3 is 2.52 bits per heavy atom. The van der Waals surface area contributed by atoms with Crippen LogP contribution in [-0.2, 0) is 21.0 Å². The first-order valence-electron chi connectivity index (χ1n) is 6.88. The van der Waals surface area contributed by atoms with Gasteiger partial charge in [0, 0.05) is 0 Å². The summed E-state index contributed by atoms with van der Waals surface area (Å²) >= 11 is 0. The molecule has 116 valence electrons. The van der Waals surface area contributed by atoms with Gasteiger partial charge >= 0.3 is 12.1 Å². The third-order valence-corrected chi connectivity index (χ3v) is 3.09. The second-order valence-electron chi connectivity index (χ2n) is 4.86. The number of nitrogens with one attached hydrogen (secondary N) is 1. The van der Waals surface area contributed by atoms with E-state index in [1.807, 2.05) is 49.7 Å². The van der Waals surface area contributed by atoms with Gasteiger partial charge in [-0.25, -0.2) is 9.59 Å². The number of aliphatic carboxylic acids is 1. The van der Waals surface area contributed by atoms with Crippen molar-refractivity contribution < 1.29 is 24.3 Å². The molecule has 6 heteroatoms. The molecule has 6 nitrogen and oxygen atoms in total. The highest BCUT2D eigenvalue weighted by atomic mass is 16.7. The van der Waals surface area contributed by atoms with Crippen LogP contribution in [0.5, 0.6) is 0 Å². The molecule has 0 fully saturated rings. The molecule has 2 atom stereocenters. The highest BCUT2D eigenvalue weighted by molar-refractivity contribution is 5.73. The molecule has 2 N–H and O–H groups in total. The van der Waals surface area contributed by atoms with Gasteiger partial charge in [0.15, 0.2) is 6.10 Å². The molecule has 0 aliphatic heterocycles. The van der Waals surface area contributed by atoms with E-state index in [4.69, 9.17) is 14.7 Å². The molecule has 0 saturated carbocycles. The summed E-state index contributed by atoms with van der Waals surface area (Å²) in [7, 11) is 0. The Bertz CT molecular complexity index is 449. The fraction of sp³-hybridized carbons (Fsp3) is 0.467. The molecule has 21 heavy (non-hydrogen) atoms. The second kappa shape index (κ2) is 8.97. The zero-order chi connectivity index (χ0) is 15.7. The number of hydroxylamine groups is 1. The van der Waals surface area contributed by atoms with Crippen LogP contribution in [-0.4, -0.2) is 23.3 Å². The molecule has 0 radical (unpaired) electrons. The van der Waals surface area contributed by atoms with E-state index in [2.05, 4.69) is 0 Å². The number of rotatable bonds is 8. The van der Waals surface area contributed by atoms with E-state index < -0.39 is 18.2 Å². The van der Waals surface area contributed by atoms with Gasteiger partial charge < -0.3 is 9.84 Å². The summed E-state index contributed by atoms with van der Waals surface area (Å²) in [6.45, 7) is 3.98. The van der Waals surface area contributed by atoms with E-state index in [0.717, 1.165) is 12.0 Å². The van der Waals surface area contributed by atoms with Crippen LogP contribution in [0.1, 0.15) is 32.3 Å². The molecular formula is C15H21NO5. The minimum Gasteiger partial charge on any atom is -0.479 e. The van der Waals surface area contributed by atoms with E-state index >= 15 is 0 Å². The van der Waals surface area contributed by atoms with E-state index in [-0.39, 0.29) is 12.5 Å². The topological polar surface area (TPSA) is 84.9 Å². The Kier molecular flexibility index (Phi) is 7.25. The quantitative estimate of drug-likeness (QED) is 0.720. The van der Waals surface area contributed by atoms with Crippen LogP contribution >= 0.6 is 0 Å². The van der Waals surface area contributed by atoms with Gasteiger partial charge in [-0.05, 0) is 17.9 Å². The lowest BCUT2D eigenvalue weighted by Crippen LogP contribution is -2.35. The third kappa shape index (κ3) is 6.76. The summed E-state index contributed by atoms with van der Waals surface area (Å²) in [6.07, 6.45) is -0.727. The summed E-state index contributed by atoms with van der Waals surface area (Å²) in [6, 6.07) is 9.16. The van der Waals surface area contributed by atoms with Gasteiger partial charge in [-0.1, -0.05) is 50.6 Å². The van der Waals surface area contributed by atoms with Gasteiger partial charge in [0.1, 0.15) is 6.61 Å². The summed E-state index contributed by atoms with van der Waals surface area (Å²) < 4.78 is 4.92. The average molecular weight is 295 g/mol. The number of carboxylic acids is 1. The van der Waals surface area contributed by atoms with Gasteiger partial charge in [-0.2, -0.15) is 5.48 Å². The summed E-state index contributed by atoms with van der Waals surface area (Å²) in [5.74, 6) is -0.924. The van der Waals surface area contributed by atoms with Crippen LogP contribution in [0.3, 0.4) is 0 Å². The minimum atomic E-state index is -1.11. The second-order valence-corrected chi connectivity index (χ2v) is 4.86. The van der Waals surface area contributed by atoms with Gasteiger partial charge in [-0.15, -0.1) is 0 Å². The van der Waals surface area contributed by atoms with Crippen LogP contribution in [0.25, 0.3) is 0 Å². The molecule has 1 rings (SSSR count). The van der Waals surface area contributed by atoms with Crippen LogP contribution < -0.4 is 5.48 Å². The first-order valence-corrected chi connectivity index (χ1v) is 6.88. The van der Waals surface area contributed by atoms with Crippen molar-refractivity contribution in [1.82, 2.24) is 5.48 Å². The fourth-order valence-electron chi connectivity index (χ4n) is 1.60. The number of ether oxygens (including phenoxy) is 1. The molecule has 0 unspecified atom stereocenters. The Labute approximate surface area is 124 Å². The smallest absolute Gasteiger partial charge is 0.431 e. The van der Waals surface area contributed by atoms with Crippen molar-refractivity contribution in [3.63, 3.8) is 0 Å². The largest absolute Gasteiger partial charge is 0.479 e.